The summed E-state index contributed by atoms with van der Waals surface area (Å²) in [5.41, 5.74) is 3.74. The molecule has 1 atom stereocenters. The zero-order chi connectivity index (χ0) is 22.4. The van der Waals surface area contributed by atoms with E-state index in [4.69, 9.17) is 4.74 Å². The van der Waals surface area contributed by atoms with Gasteiger partial charge < -0.3 is 19.9 Å². The molecule has 0 radical (unpaired) electrons. The van der Waals surface area contributed by atoms with Gasteiger partial charge in [0, 0.05) is 25.2 Å². The largest absolute Gasteiger partial charge is 0.490 e. The standard InChI is InChI=1S/C25H33N3O3/c1-5-27(6-2)14-15-31-23-13-8-7-11-21(23)26-25(30)20-16-24(29)28(17-20)22-12-9-10-18(3)19(22)4/h7-13,20H,5-6,14-17H2,1-4H3,(H,26,30). The lowest BCUT2D eigenvalue weighted by atomic mass is 10.1. The minimum atomic E-state index is -0.392. The number of para-hydroxylation sites is 2. The number of amides is 2. The summed E-state index contributed by atoms with van der Waals surface area (Å²) in [6.45, 7) is 12.0. The fraction of sp³-hybridized carbons (Fsp3) is 0.440. The third-order valence-electron chi connectivity index (χ3n) is 6.07. The number of ether oxygens (including phenoxy) is 1. The highest BCUT2D eigenvalue weighted by Gasteiger charge is 2.36. The number of rotatable bonds is 9. The zero-order valence-electron chi connectivity index (χ0n) is 19.0. The predicted octanol–water partition coefficient (Wildman–Crippen LogP) is 4.02. The SMILES string of the molecule is CCN(CC)CCOc1ccccc1NC(=O)C1CC(=O)N(c2cccc(C)c2C)C1. The van der Waals surface area contributed by atoms with Crippen LogP contribution in [0.15, 0.2) is 42.5 Å². The van der Waals surface area contributed by atoms with Crippen LogP contribution in [-0.4, -0.2) is 49.5 Å². The number of aryl methyl sites for hydroxylation is 1. The maximum Gasteiger partial charge on any atom is 0.229 e. The van der Waals surface area contributed by atoms with Crippen LogP contribution >= 0.6 is 0 Å². The smallest absolute Gasteiger partial charge is 0.229 e. The van der Waals surface area contributed by atoms with Gasteiger partial charge in [0.05, 0.1) is 11.6 Å². The topological polar surface area (TPSA) is 61.9 Å². The molecular weight excluding hydrogens is 390 g/mol. The molecule has 1 heterocycles. The minimum Gasteiger partial charge on any atom is -0.490 e. The van der Waals surface area contributed by atoms with Crippen LogP contribution in [0, 0.1) is 19.8 Å². The Hall–Kier alpha value is -2.86. The second-order valence-corrected chi connectivity index (χ2v) is 7.99. The van der Waals surface area contributed by atoms with Crippen LogP contribution in [0.5, 0.6) is 5.75 Å². The quantitative estimate of drug-likeness (QED) is 0.662. The van der Waals surface area contributed by atoms with Crippen LogP contribution in [0.4, 0.5) is 11.4 Å². The summed E-state index contributed by atoms with van der Waals surface area (Å²) in [5, 5.41) is 2.98. The highest BCUT2D eigenvalue weighted by atomic mass is 16.5. The number of nitrogens with one attached hydrogen (secondary N) is 1. The van der Waals surface area contributed by atoms with Crippen molar-refractivity contribution in [3.8, 4) is 5.75 Å². The van der Waals surface area contributed by atoms with Gasteiger partial charge in [-0.3, -0.25) is 9.59 Å². The maximum atomic E-state index is 13.0. The fourth-order valence-corrected chi connectivity index (χ4v) is 3.90. The van der Waals surface area contributed by atoms with Crippen molar-refractivity contribution in [3.05, 3.63) is 53.6 Å². The first-order valence-electron chi connectivity index (χ1n) is 11.1. The third-order valence-corrected chi connectivity index (χ3v) is 6.07. The molecule has 1 saturated heterocycles. The van der Waals surface area contributed by atoms with Crippen LogP contribution in [0.25, 0.3) is 0 Å². The second-order valence-electron chi connectivity index (χ2n) is 7.99. The van der Waals surface area contributed by atoms with Crippen molar-refractivity contribution in [2.24, 2.45) is 5.92 Å². The van der Waals surface area contributed by atoms with E-state index in [0.29, 0.717) is 24.6 Å². The summed E-state index contributed by atoms with van der Waals surface area (Å²) < 4.78 is 5.94. The molecule has 3 rings (SSSR count). The van der Waals surface area contributed by atoms with Gasteiger partial charge in [-0.05, 0) is 56.3 Å². The molecule has 1 N–H and O–H groups in total. The van der Waals surface area contributed by atoms with E-state index in [1.807, 2.05) is 56.3 Å². The molecule has 1 fully saturated rings. The van der Waals surface area contributed by atoms with Gasteiger partial charge in [0.2, 0.25) is 11.8 Å². The molecule has 1 aliphatic rings. The molecule has 2 amide bonds. The van der Waals surface area contributed by atoms with Gasteiger partial charge in [0.1, 0.15) is 12.4 Å². The lowest BCUT2D eigenvalue weighted by molar-refractivity contribution is -0.122. The molecule has 2 aromatic rings. The van der Waals surface area contributed by atoms with Gasteiger partial charge in [0.15, 0.2) is 0 Å². The van der Waals surface area contributed by atoms with Crippen molar-refractivity contribution in [1.82, 2.24) is 4.90 Å². The third kappa shape index (κ3) is 5.44. The van der Waals surface area contributed by atoms with Gasteiger partial charge in [-0.25, -0.2) is 0 Å². The summed E-state index contributed by atoms with van der Waals surface area (Å²) in [6, 6.07) is 13.4. The molecule has 166 valence electrons. The Morgan fingerprint density at radius 2 is 1.87 bits per heavy atom. The molecule has 0 spiro atoms. The Balaban J connectivity index is 1.64. The van der Waals surface area contributed by atoms with E-state index < -0.39 is 5.92 Å². The van der Waals surface area contributed by atoms with E-state index in [0.717, 1.165) is 36.4 Å². The molecule has 0 saturated carbocycles. The van der Waals surface area contributed by atoms with E-state index in [2.05, 4.69) is 24.1 Å². The first-order chi connectivity index (χ1) is 14.9. The molecule has 6 heteroatoms. The van der Waals surface area contributed by atoms with Gasteiger partial charge in [-0.1, -0.05) is 38.1 Å². The predicted molar refractivity (Wildman–Crippen MR) is 125 cm³/mol. The van der Waals surface area contributed by atoms with E-state index in [1.165, 1.54) is 0 Å². The average Bonchev–Trinajstić information content (AvgIpc) is 3.16. The van der Waals surface area contributed by atoms with Crippen molar-refractivity contribution in [3.63, 3.8) is 0 Å². The second kappa shape index (κ2) is 10.4. The Bertz CT molecular complexity index is 924. The fourth-order valence-electron chi connectivity index (χ4n) is 3.90. The molecule has 0 aliphatic carbocycles. The molecule has 2 aromatic carbocycles. The number of nitrogens with zero attached hydrogens (tertiary/aromatic N) is 2. The first-order valence-corrected chi connectivity index (χ1v) is 11.1. The molecule has 0 aromatic heterocycles. The Kier molecular flexibility index (Phi) is 7.69. The van der Waals surface area contributed by atoms with Gasteiger partial charge in [-0.2, -0.15) is 0 Å². The Morgan fingerprint density at radius 3 is 2.61 bits per heavy atom. The van der Waals surface area contributed by atoms with E-state index in [9.17, 15) is 9.59 Å². The molecule has 0 bridgehead atoms. The molecule has 1 aliphatic heterocycles. The van der Waals surface area contributed by atoms with Crippen molar-refractivity contribution in [2.45, 2.75) is 34.1 Å². The summed E-state index contributed by atoms with van der Waals surface area (Å²) in [6.07, 6.45) is 0.212. The average molecular weight is 424 g/mol. The van der Waals surface area contributed by atoms with Crippen molar-refractivity contribution >= 4 is 23.2 Å². The minimum absolute atomic E-state index is 0.0161. The number of hydrogen-bond donors (Lipinski definition) is 1. The van der Waals surface area contributed by atoms with Crippen LogP contribution in [0.3, 0.4) is 0 Å². The normalized spacial score (nSPS) is 16.1. The first kappa shape index (κ1) is 22.8. The van der Waals surface area contributed by atoms with Gasteiger partial charge in [0.25, 0.3) is 0 Å². The van der Waals surface area contributed by atoms with Crippen LogP contribution in [0.2, 0.25) is 0 Å². The van der Waals surface area contributed by atoms with Crippen molar-refractivity contribution in [1.29, 1.82) is 0 Å². The monoisotopic (exact) mass is 423 g/mol. The number of carbonyl (C=O) groups is 2. The maximum absolute atomic E-state index is 13.0. The van der Waals surface area contributed by atoms with E-state index in [-0.39, 0.29) is 18.2 Å². The molecular formula is C25H33N3O3. The van der Waals surface area contributed by atoms with Gasteiger partial charge >= 0.3 is 0 Å². The lowest BCUT2D eigenvalue weighted by Gasteiger charge is -2.21. The summed E-state index contributed by atoms with van der Waals surface area (Å²) in [7, 11) is 0. The van der Waals surface area contributed by atoms with Crippen LogP contribution in [-0.2, 0) is 9.59 Å². The number of likely N-dealkylation sites (N-methyl/N-ethyl adjacent to an activating group) is 1. The Labute approximate surface area is 185 Å². The summed E-state index contributed by atoms with van der Waals surface area (Å²) in [5.74, 6) is 0.0911. The lowest BCUT2D eigenvalue weighted by Crippen LogP contribution is -2.29. The number of anilines is 2. The highest BCUT2D eigenvalue weighted by Crippen LogP contribution is 2.31. The zero-order valence-corrected chi connectivity index (χ0v) is 19.0. The van der Waals surface area contributed by atoms with E-state index >= 15 is 0 Å². The number of benzene rings is 2. The number of hydrogen-bond acceptors (Lipinski definition) is 4. The van der Waals surface area contributed by atoms with Gasteiger partial charge in [-0.15, -0.1) is 0 Å². The van der Waals surface area contributed by atoms with Crippen molar-refractivity contribution in [2.75, 3.05) is 43.0 Å². The summed E-state index contributed by atoms with van der Waals surface area (Å²) in [4.78, 5) is 29.6. The molecule has 6 nitrogen and oxygen atoms in total. The van der Waals surface area contributed by atoms with Crippen LogP contribution in [0.1, 0.15) is 31.4 Å². The summed E-state index contributed by atoms with van der Waals surface area (Å²) >= 11 is 0. The van der Waals surface area contributed by atoms with E-state index in [1.54, 1.807) is 4.90 Å². The highest BCUT2D eigenvalue weighted by molar-refractivity contribution is 6.04. The van der Waals surface area contributed by atoms with Crippen molar-refractivity contribution < 1.29 is 14.3 Å². The number of carbonyl (C=O) groups excluding carboxylic acids is 2. The van der Waals surface area contributed by atoms with Crippen LogP contribution < -0.4 is 15.0 Å². The molecule has 31 heavy (non-hydrogen) atoms. The molecule has 1 unspecified atom stereocenters. The Morgan fingerprint density at radius 1 is 1.13 bits per heavy atom.